The highest BCUT2D eigenvalue weighted by Crippen LogP contribution is 2.40. The van der Waals surface area contributed by atoms with Crippen LogP contribution >= 0.6 is 54.0 Å². The maximum absolute atomic E-state index is 14.7. The van der Waals surface area contributed by atoms with Crippen molar-refractivity contribution in [3.05, 3.63) is 78.1 Å². The number of fused-ring (bicyclic) bond motifs is 6. The van der Waals surface area contributed by atoms with Crippen LogP contribution in [0.1, 0.15) is 65.0 Å². The summed E-state index contributed by atoms with van der Waals surface area (Å²) in [5.74, 6) is 3.05. The van der Waals surface area contributed by atoms with Crippen LogP contribution in [0.4, 0.5) is 0 Å². The number of aromatic nitrogens is 2. The molecule has 3 saturated heterocycles. The SMILES string of the molecule is CCn1c(-c2cccnc2)c2c3cc(ccc31)-c1cccc(c1)C[C@H](NC(=O)[C@H](C(C)C)N(C)C(=O)[C@H]1CCN(C(=O)C#CCN3CCOCC3)C1)C(=O)N1CCC[C@H](N1)C(=O)OCC(C)(C)C2.S.S.S.S. The Morgan fingerprint density at radius 1 is 0.944 bits per heavy atom. The fourth-order valence-electron chi connectivity index (χ4n) is 10.3. The number of benzene rings is 2. The predicted octanol–water partition coefficient (Wildman–Crippen LogP) is 5.16. The normalized spacial score (nSPS) is 20.5. The Balaban J connectivity index is 0.00000281. The average Bonchev–Trinajstić information content (AvgIpc) is 3.96. The number of ether oxygens (including phenoxy) is 2. The molecule has 6 heterocycles. The van der Waals surface area contributed by atoms with Crippen molar-refractivity contribution in [2.75, 3.05) is 66.1 Å². The number of carbonyl (C=O) groups excluding carboxylic acids is 5. The minimum absolute atomic E-state index is 0. The molecule has 6 bridgehead atoms. The summed E-state index contributed by atoms with van der Waals surface area (Å²) in [6.45, 7) is 15.3. The van der Waals surface area contributed by atoms with Crippen molar-refractivity contribution in [3.8, 4) is 34.2 Å². The minimum Gasteiger partial charge on any atom is -0.464 e. The molecule has 4 aliphatic rings. The lowest BCUT2D eigenvalue weighted by molar-refractivity contribution is -0.155. The molecule has 2 aromatic carbocycles. The average molecular weight is 1060 g/mol. The van der Waals surface area contributed by atoms with E-state index >= 15 is 0 Å². The van der Waals surface area contributed by atoms with E-state index in [1.807, 2.05) is 38.2 Å². The molecule has 392 valence electrons. The third-order valence-corrected chi connectivity index (χ3v) is 13.8. The number of morpholine rings is 1. The molecule has 0 spiro atoms. The van der Waals surface area contributed by atoms with Crippen LogP contribution in [0.15, 0.2) is 67.0 Å². The Morgan fingerprint density at radius 3 is 2.39 bits per heavy atom. The summed E-state index contributed by atoms with van der Waals surface area (Å²) < 4.78 is 13.8. The van der Waals surface area contributed by atoms with Crippen molar-refractivity contribution in [2.45, 2.75) is 91.4 Å². The fraction of sp³-hybridized carbons (Fsp3) is 0.509. The minimum atomic E-state index is -1.05. The Kier molecular flexibility index (Phi) is 22.0. The van der Waals surface area contributed by atoms with Gasteiger partial charge < -0.3 is 29.2 Å². The van der Waals surface area contributed by atoms with E-state index in [1.165, 1.54) is 9.91 Å². The second-order valence-corrected chi connectivity index (χ2v) is 19.8. The van der Waals surface area contributed by atoms with Gasteiger partial charge in [0.1, 0.15) is 18.1 Å². The molecular weight excluding hydrogens is 989 g/mol. The van der Waals surface area contributed by atoms with Crippen molar-refractivity contribution in [2.24, 2.45) is 17.3 Å². The van der Waals surface area contributed by atoms with E-state index in [2.05, 4.69) is 94.2 Å². The van der Waals surface area contributed by atoms with Gasteiger partial charge in [-0.1, -0.05) is 63.9 Å². The molecule has 4 aromatic rings. The number of carbonyl (C=O) groups is 5. The first kappa shape index (κ1) is 59.9. The molecule has 4 atom stereocenters. The third-order valence-electron chi connectivity index (χ3n) is 13.8. The van der Waals surface area contributed by atoms with E-state index in [0.29, 0.717) is 58.5 Å². The molecule has 0 radical (unpaired) electrons. The fourth-order valence-corrected chi connectivity index (χ4v) is 10.3. The molecule has 15 nitrogen and oxygen atoms in total. The number of nitrogens with one attached hydrogen (secondary N) is 2. The Morgan fingerprint density at radius 2 is 1.68 bits per heavy atom. The molecule has 4 aliphatic heterocycles. The van der Waals surface area contributed by atoms with E-state index in [0.717, 1.165) is 64.0 Å². The monoisotopic (exact) mass is 1060 g/mol. The summed E-state index contributed by atoms with van der Waals surface area (Å²) in [6, 6.07) is 15.9. The Labute approximate surface area is 452 Å². The third kappa shape index (κ3) is 13.7. The zero-order valence-electron chi connectivity index (χ0n) is 42.4. The molecule has 0 saturated carbocycles. The number of nitrogens with zero attached hydrogens (tertiary/aromatic N) is 6. The largest absolute Gasteiger partial charge is 0.464 e. The number of aryl methyl sites for hydroxylation is 1. The first-order chi connectivity index (χ1) is 32.7. The molecule has 0 aliphatic carbocycles. The molecule has 4 amide bonds. The molecule has 72 heavy (non-hydrogen) atoms. The maximum Gasteiger partial charge on any atom is 0.324 e. The zero-order chi connectivity index (χ0) is 48.1. The van der Waals surface area contributed by atoms with E-state index in [-0.39, 0.29) is 91.3 Å². The number of likely N-dealkylation sites (N-methyl/N-ethyl adjacent to an activating group) is 1. The van der Waals surface area contributed by atoms with Crippen LogP contribution in [0.2, 0.25) is 0 Å². The lowest BCUT2D eigenvalue weighted by atomic mass is 9.84. The Bertz CT molecular complexity index is 2600. The summed E-state index contributed by atoms with van der Waals surface area (Å²) in [4.78, 5) is 80.1. The number of hydrogen-bond donors (Lipinski definition) is 2. The van der Waals surface area contributed by atoms with Crippen molar-refractivity contribution in [1.82, 2.24) is 40.0 Å². The summed E-state index contributed by atoms with van der Waals surface area (Å²) in [5, 5.41) is 5.62. The quantitative estimate of drug-likeness (QED) is 0.179. The molecule has 2 N–H and O–H groups in total. The van der Waals surface area contributed by atoms with Crippen LogP contribution in [0.25, 0.3) is 33.3 Å². The first-order valence-electron chi connectivity index (χ1n) is 24.2. The van der Waals surface area contributed by atoms with Crippen LogP contribution in [0.5, 0.6) is 0 Å². The van der Waals surface area contributed by atoms with Gasteiger partial charge in [0, 0.05) is 87.0 Å². The van der Waals surface area contributed by atoms with Gasteiger partial charge in [-0.3, -0.25) is 38.9 Å². The van der Waals surface area contributed by atoms with Gasteiger partial charge in [-0.2, -0.15) is 54.0 Å². The van der Waals surface area contributed by atoms with Crippen LogP contribution in [-0.4, -0.2) is 143 Å². The van der Waals surface area contributed by atoms with Crippen molar-refractivity contribution >= 4 is 94.5 Å². The van der Waals surface area contributed by atoms with E-state index in [9.17, 15) is 24.0 Å². The van der Waals surface area contributed by atoms with Crippen molar-refractivity contribution in [1.29, 1.82) is 0 Å². The molecule has 0 unspecified atom stereocenters. The molecule has 19 heteroatoms. The number of hydrogen-bond acceptors (Lipinski definition) is 10. The second-order valence-electron chi connectivity index (χ2n) is 19.8. The molecule has 3 fully saturated rings. The van der Waals surface area contributed by atoms with Crippen LogP contribution in [0, 0.1) is 29.1 Å². The highest BCUT2D eigenvalue weighted by atomic mass is 32.1. The van der Waals surface area contributed by atoms with Gasteiger partial charge in [-0.25, -0.2) is 5.43 Å². The summed E-state index contributed by atoms with van der Waals surface area (Å²) in [7, 11) is 1.62. The topological polar surface area (TPSA) is 159 Å². The predicted molar refractivity (Wildman–Crippen MR) is 301 cm³/mol. The maximum atomic E-state index is 14.7. The highest BCUT2D eigenvalue weighted by molar-refractivity contribution is 7.59. The number of esters is 1. The number of pyridine rings is 1. The number of likely N-dealkylation sites (tertiary alicyclic amines) is 1. The lowest BCUT2D eigenvalue weighted by Gasteiger charge is -2.37. The van der Waals surface area contributed by atoms with Gasteiger partial charge in [0.2, 0.25) is 11.8 Å². The van der Waals surface area contributed by atoms with Gasteiger partial charge in [-0.05, 0) is 91.0 Å². The van der Waals surface area contributed by atoms with Crippen LogP contribution in [0.3, 0.4) is 0 Å². The molecule has 8 rings (SSSR count). The van der Waals surface area contributed by atoms with Gasteiger partial charge in [-0.15, -0.1) is 0 Å². The first-order valence-corrected chi connectivity index (χ1v) is 24.2. The van der Waals surface area contributed by atoms with E-state index < -0.39 is 47.2 Å². The number of cyclic esters (lactones) is 1. The summed E-state index contributed by atoms with van der Waals surface area (Å²) >= 11 is 0. The number of hydrazine groups is 1. The van der Waals surface area contributed by atoms with Crippen LogP contribution in [-0.2, 0) is 52.8 Å². The standard InChI is InChI=1S/C53H66N8O7.4H2S/c1-7-60-45-18-17-38-30-41(45)42(48(60)39-14-9-20-54-32-39)31-53(4,5)34-68-52(66)43-15-10-22-61(56-43)51(65)44(29-36-12-8-13-37(38)28-36)55-49(63)47(35(2)3)57(6)50(64)40-19-23-59(33-40)46(62)16-11-21-58-24-26-67-27-25-58;;;;/h8-9,12-14,17-18,20,28,30,32,35,40,43-44,47,56H,7,10,15,19,21-27,29,31,33-34H2,1-6H3,(H,55,63);4*1H2/t40-,43-,44-,47-;;;;/m0..../s1. The zero-order valence-corrected chi connectivity index (χ0v) is 46.4. The molecular formula is C53H74N8O7S4. The van der Waals surface area contributed by atoms with Crippen molar-refractivity contribution in [3.63, 3.8) is 0 Å². The van der Waals surface area contributed by atoms with Gasteiger partial charge >= 0.3 is 5.97 Å². The second kappa shape index (κ2) is 26.5. The number of rotatable bonds is 8. The van der Waals surface area contributed by atoms with E-state index in [1.54, 1.807) is 18.1 Å². The smallest absolute Gasteiger partial charge is 0.324 e. The number of amides is 4. The van der Waals surface area contributed by atoms with Crippen LogP contribution < -0.4 is 10.7 Å². The van der Waals surface area contributed by atoms with Crippen molar-refractivity contribution < 1.29 is 33.4 Å². The summed E-state index contributed by atoms with van der Waals surface area (Å²) in [5.41, 5.74) is 9.83. The van der Waals surface area contributed by atoms with Gasteiger partial charge in [0.05, 0.1) is 38.0 Å². The lowest BCUT2D eigenvalue weighted by Crippen LogP contribution is -2.62. The summed E-state index contributed by atoms with van der Waals surface area (Å²) in [6.07, 6.45) is 5.94. The molecule has 2 aromatic heterocycles. The Hall–Kier alpha value is -4.68. The van der Waals surface area contributed by atoms with Gasteiger partial charge in [0.25, 0.3) is 11.8 Å². The van der Waals surface area contributed by atoms with Gasteiger partial charge in [0.15, 0.2) is 0 Å². The van der Waals surface area contributed by atoms with E-state index in [4.69, 9.17) is 9.47 Å². The highest BCUT2D eigenvalue weighted by Gasteiger charge is 2.40.